The zero-order valence-corrected chi connectivity index (χ0v) is 16.3. The van der Waals surface area contributed by atoms with E-state index < -0.39 is 0 Å². The normalized spacial score (nSPS) is 10.3. The molecular weight excluding hydrogens is 376 g/mol. The molecule has 0 N–H and O–H groups in total. The summed E-state index contributed by atoms with van der Waals surface area (Å²) in [6.45, 7) is 0.464. The van der Waals surface area contributed by atoms with E-state index in [9.17, 15) is 4.79 Å². The Kier molecular flexibility index (Phi) is 6.29. The van der Waals surface area contributed by atoms with Crippen LogP contribution in [0.25, 0.3) is 11.5 Å². The Morgan fingerprint density at radius 3 is 2.54 bits per heavy atom. The summed E-state index contributed by atoms with van der Waals surface area (Å²) in [5.74, 6) is 1.27. The molecule has 0 atom stereocenters. The predicted octanol–water partition coefficient (Wildman–Crippen LogP) is 3.37. The lowest BCUT2D eigenvalue weighted by Gasteiger charge is -2.16. The van der Waals surface area contributed by atoms with Crippen molar-refractivity contribution in [3.8, 4) is 23.3 Å². The van der Waals surface area contributed by atoms with Crippen LogP contribution in [0.3, 0.4) is 0 Å². The number of rotatable bonds is 7. The number of benzene rings is 2. The molecule has 3 rings (SSSR count). The molecule has 1 aromatic heterocycles. The van der Waals surface area contributed by atoms with Gasteiger partial charge in [0.1, 0.15) is 5.75 Å². The number of thioether (sulfide) groups is 1. The predicted molar refractivity (Wildman–Crippen MR) is 105 cm³/mol. The van der Waals surface area contributed by atoms with Gasteiger partial charge < -0.3 is 14.1 Å². The van der Waals surface area contributed by atoms with E-state index in [2.05, 4.69) is 16.3 Å². The van der Waals surface area contributed by atoms with E-state index in [1.54, 1.807) is 31.2 Å². The number of methoxy groups -OCH3 is 1. The third kappa shape index (κ3) is 4.90. The van der Waals surface area contributed by atoms with Gasteiger partial charge in [0.25, 0.3) is 5.22 Å². The second-order valence-electron chi connectivity index (χ2n) is 5.95. The van der Waals surface area contributed by atoms with Crippen LogP contribution in [0, 0.1) is 11.3 Å². The highest BCUT2D eigenvalue weighted by atomic mass is 32.2. The minimum absolute atomic E-state index is 0.0569. The molecule has 0 aliphatic rings. The van der Waals surface area contributed by atoms with Gasteiger partial charge in [-0.25, -0.2) is 0 Å². The minimum atomic E-state index is -0.0569. The molecule has 3 aromatic rings. The highest BCUT2D eigenvalue weighted by Crippen LogP contribution is 2.25. The molecule has 1 amide bonds. The second kappa shape index (κ2) is 9.06. The van der Waals surface area contributed by atoms with Crippen molar-refractivity contribution in [1.82, 2.24) is 15.1 Å². The summed E-state index contributed by atoms with van der Waals surface area (Å²) in [5.41, 5.74) is 2.33. The van der Waals surface area contributed by atoms with Gasteiger partial charge in [0.05, 0.1) is 24.5 Å². The molecule has 0 saturated heterocycles. The van der Waals surface area contributed by atoms with Crippen LogP contribution in [0.4, 0.5) is 0 Å². The molecule has 0 bridgehead atoms. The Balaban J connectivity index is 1.53. The first-order chi connectivity index (χ1) is 13.6. The lowest BCUT2D eigenvalue weighted by Crippen LogP contribution is -2.27. The molecule has 0 spiro atoms. The standard InChI is InChI=1S/C20H18N4O3S/c1-24(12-15-5-3-14(11-21)4-6-15)18(25)13-28-20-23-22-19(27-20)16-7-9-17(26-2)10-8-16/h3-10H,12-13H2,1-2H3. The first-order valence-corrected chi connectivity index (χ1v) is 9.41. The number of nitriles is 1. The van der Waals surface area contributed by atoms with E-state index >= 15 is 0 Å². The van der Waals surface area contributed by atoms with Gasteiger partial charge in [-0.3, -0.25) is 4.79 Å². The van der Waals surface area contributed by atoms with E-state index in [0.29, 0.717) is 23.2 Å². The van der Waals surface area contributed by atoms with Crippen molar-refractivity contribution in [2.24, 2.45) is 0 Å². The van der Waals surface area contributed by atoms with Crippen LogP contribution in [0.2, 0.25) is 0 Å². The van der Waals surface area contributed by atoms with E-state index in [1.807, 2.05) is 36.4 Å². The lowest BCUT2D eigenvalue weighted by atomic mass is 10.1. The number of amides is 1. The van der Waals surface area contributed by atoms with Crippen LogP contribution < -0.4 is 4.74 Å². The third-order valence-electron chi connectivity index (χ3n) is 3.99. The van der Waals surface area contributed by atoms with Crippen molar-refractivity contribution in [3.63, 3.8) is 0 Å². The molecule has 0 aliphatic heterocycles. The summed E-state index contributed by atoms with van der Waals surface area (Å²) in [5, 5.41) is 17.2. The molecule has 0 saturated carbocycles. The molecule has 1 heterocycles. The first kappa shape index (κ1) is 19.5. The van der Waals surface area contributed by atoms with Crippen LogP contribution in [0.5, 0.6) is 5.75 Å². The van der Waals surface area contributed by atoms with Gasteiger partial charge in [0, 0.05) is 19.2 Å². The molecule has 0 unspecified atom stereocenters. The minimum Gasteiger partial charge on any atom is -0.497 e. The Labute approximate surface area is 166 Å². The fraction of sp³-hybridized carbons (Fsp3) is 0.200. The molecule has 0 radical (unpaired) electrons. The number of carbonyl (C=O) groups is 1. The molecular formula is C20H18N4O3S. The molecule has 28 heavy (non-hydrogen) atoms. The molecule has 0 fully saturated rings. The van der Waals surface area contributed by atoms with Gasteiger partial charge in [-0.1, -0.05) is 23.9 Å². The highest BCUT2D eigenvalue weighted by Gasteiger charge is 2.14. The number of hydrogen-bond donors (Lipinski definition) is 0. The van der Waals surface area contributed by atoms with E-state index in [0.717, 1.165) is 16.9 Å². The van der Waals surface area contributed by atoms with Gasteiger partial charge in [-0.15, -0.1) is 10.2 Å². The third-order valence-corrected chi connectivity index (χ3v) is 4.79. The number of ether oxygens (including phenoxy) is 1. The second-order valence-corrected chi connectivity index (χ2v) is 6.88. The average Bonchev–Trinajstić information content (AvgIpc) is 3.21. The highest BCUT2D eigenvalue weighted by molar-refractivity contribution is 7.99. The molecule has 2 aromatic carbocycles. The Morgan fingerprint density at radius 2 is 1.89 bits per heavy atom. The summed E-state index contributed by atoms with van der Waals surface area (Å²) >= 11 is 1.20. The van der Waals surface area contributed by atoms with Crippen molar-refractivity contribution in [1.29, 1.82) is 5.26 Å². The maximum Gasteiger partial charge on any atom is 0.277 e. The van der Waals surface area contributed by atoms with Crippen LogP contribution in [0.15, 0.2) is 58.2 Å². The topological polar surface area (TPSA) is 92.3 Å². The monoisotopic (exact) mass is 394 g/mol. The number of hydrogen-bond acceptors (Lipinski definition) is 7. The SMILES string of the molecule is COc1ccc(-c2nnc(SCC(=O)N(C)Cc3ccc(C#N)cc3)o2)cc1. The maximum absolute atomic E-state index is 12.3. The van der Waals surface area contributed by atoms with Crippen molar-refractivity contribution >= 4 is 17.7 Å². The van der Waals surface area contributed by atoms with Crippen LogP contribution >= 0.6 is 11.8 Å². The Bertz CT molecular complexity index is 978. The zero-order valence-electron chi connectivity index (χ0n) is 15.5. The van der Waals surface area contributed by atoms with Crippen molar-refractivity contribution in [3.05, 3.63) is 59.7 Å². The summed E-state index contributed by atoms with van der Waals surface area (Å²) < 4.78 is 10.7. The van der Waals surface area contributed by atoms with Gasteiger partial charge in [0.2, 0.25) is 11.8 Å². The fourth-order valence-electron chi connectivity index (χ4n) is 2.40. The molecule has 0 aliphatic carbocycles. The largest absolute Gasteiger partial charge is 0.497 e. The first-order valence-electron chi connectivity index (χ1n) is 8.43. The van der Waals surface area contributed by atoms with Gasteiger partial charge >= 0.3 is 0 Å². The molecule has 7 nitrogen and oxygen atoms in total. The Morgan fingerprint density at radius 1 is 1.18 bits per heavy atom. The van der Waals surface area contributed by atoms with Gasteiger partial charge in [-0.2, -0.15) is 5.26 Å². The lowest BCUT2D eigenvalue weighted by molar-refractivity contribution is -0.127. The molecule has 8 heteroatoms. The van der Waals surface area contributed by atoms with E-state index in [4.69, 9.17) is 14.4 Å². The van der Waals surface area contributed by atoms with E-state index in [1.165, 1.54) is 11.8 Å². The number of aromatic nitrogens is 2. The maximum atomic E-state index is 12.3. The van der Waals surface area contributed by atoms with Crippen molar-refractivity contribution < 1.29 is 13.9 Å². The van der Waals surface area contributed by atoms with E-state index in [-0.39, 0.29) is 11.7 Å². The van der Waals surface area contributed by atoms with Crippen LogP contribution in [0.1, 0.15) is 11.1 Å². The smallest absolute Gasteiger partial charge is 0.277 e. The molecule has 142 valence electrons. The van der Waals surface area contributed by atoms with Crippen LogP contribution in [-0.2, 0) is 11.3 Å². The Hall–Kier alpha value is -3.31. The zero-order chi connectivity index (χ0) is 19.9. The average molecular weight is 394 g/mol. The number of nitrogens with zero attached hydrogens (tertiary/aromatic N) is 4. The number of carbonyl (C=O) groups excluding carboxylic acids is 1. The van der Waals surface area contributed by atoms with Crippen LogP contribution in [-0.4, -0.2) is 40.9 Å². The fourth-order valence-corrected chi connectivity index (χ4v) is 3.10. The summed E-state index contributed by atoms with van der Waals surface area (Å²) in [6, 6.07) is 16.5. The summed E-state index contributed by atoms with van der Waals surface area (Å²) in [4.78, 5) is 14.0. The van der Waals surface area contributed by atoms with Crippen molar-refractivity contribution in [2.75, 3.05) is 19.9 Å². The summed E-state index contributed by atoms with van der Waals surface area (Å²) in [7, 11) is 3.34. The quantitative estimate of drug-likeness (QED) is 0.567. The summed E-state index contributed by atoms with van der Waals surface area (Å²) in [6.07, 6.45) is 0. The van der Waals surface area contributed by atoms with Crippen molar-refractivity contribution in [2.45, 2.75) is 11.8 Å². The van der Waals surface area contributed by atoms with Gasteiger partial charge in [0.15, 0.2) is 0 Å². The van der Waals surface area contributed by atoms with Gasteiger partial charge in [-0.05, 0) is 42.0 Å².